The van der Waals surface area contributed by atoms with Crippen LogP contribution < -0.4 is 10.2 Å². The van der Waals surface area contributed by atoms with E-state index >= 15 is 0 Å². The molecule has 0 saturated heterocycles. The third kappa shape index (κ3) is 3.07. The van der Waals surface area contributed by atoms with Crippen LogP contribution in [0.5, 0.6) is 0 Å². The number of benzene rings is 2. The summed E-state index contributed by atoms with van der Waals surface area (Å²) in [4.78, 5) is 29.0. The van der Waals surface area contributed by atoms with Crippen LogP contribution in [0.1, 0.15) is 46.1 Å². The molecule has 0 spiro atoms. The molecule has 0 bridgehead atoms. The van der Waals surface area contributed by atoms with Crippen LogP contribution >= 0.6 is 0 Å². The molecule has 5 nitrogen and oxygen atoms in total. The number of nitrogens with zero attached hydrogens (tertiary/aromatic N) is 2. The number of amides is 2. The average molecular weight is 363 g/mol. The summed E-state index contributed by atoms with van der Waals surface area (Å²) in [5.74, 6) is -0.0861. The van der Waals surface area contributed by atoms with Crippen LogP contribution in [0, 0.1) is 0 Å². The Morgan fingerprint density at radius 2 is 1.85 bits per heavy atom. The summed E-state index contributed by atoms with van der Waals surface area (Å²) in [7, 11) is 3.46. The highest BCUT2D eigenvalue weighted by Crippen LogP contribution is 2.38. The lowest BCUT2D eigenvalue weighted by Crippen LogP contribution is -2.50. The van der Waals surface area contributed by atoms with Crippen LogP contribution in [-0.2, 0) is 17.6 Å². The number of hydrogen-bond acceptors (Lipinski definition) is 3. The van der Waals surface area contributed by atoms with Gasteiger partial charge in [-0.3, -0.25) is 9.59 Å². The van der Waals surface area contributed by atoms with E-state index in [2.05, 4.69) is 23.5 Å². The summed E-state index contributed by atoms with van der Waals surface area (Å²) < 4.78 is 0. The van der Waals surface area contributed by atoms with Crippen LogP contribution in [0.3, 0.4) is 0 Å². The molecule has 1 N–H and O–H groups in total. The molecule has 1 aliphatic heterocycles. The molecule has 5 heteroatoms. The van der Waals surface area contributed by atoms with Gasteiger partial charge < -0.3 is 15.1 Å². The fraction of sp³-hybridized carbons (Fsp3) is 0.364. The molecule has 140 valence electrons. The number of nitrogens with one attached hydrogen (secondary N) is 1. The molecule has 2 aliphatic rings. The van der Waals surface area contributed by atoms with Crippen molar-refractivity contribution in [1.82, 2.24) is 10.2 Å². The molecular formula is C22H25N3O2. The van der Waals surface area contributed by atoms with Crippen molar-refractivity contribution in [3.63, 3.8) is 0 Å². The average Bonchev–Trinajstić information content (AvgIpc) is 2.71. The van der Waals surface area contributed by atoms with Crippen molar-refractivity contribution in [3.8, 4) is 0 Å². The maximum atomic E-state index is 13.0. The van der Waals surface area contributed by atoms with Crippen LogP contribution in [0.15, 0.2) is 42.5 Å². The number of carbonyl (C=O) groups is 2. The van der Waals surface area contributed by atoms with E-state index in [0.29, 0.717) is 5.56 Å². The number of carbonyl (C=O) groups excluding carboxylic acids is 2. The lowest BCUT2D eigenvalue weighted by Gasteiger charge is -2.44. The van der Waals surface area contributed by atoms with Gasteiger partial charge in [-0.25, -0.2) is 0 Å². The van der Waals surface area contributed by atoms with Gasteiger partial charge in [0.25, 0.3) is 5.91 Å². The third-order valence-electron chi connectivity index (χ3n) is 5.69. The first kappa shape index (κ1) is 17.6. The van der Waals surface area contributed by atoms with Crippen molar-refractivity contribution in [2.75, 3.05) is 25.5 Å². The Balaban J connectivity index is 1.81. The van der Waals surface area contributed by atoms with Crippen molar-refractivity contribution < 1.29 is 9.59 Å². The van der Waals surface area contributed by atoms with E-state index in [1.54, 1.807) is 11.9 Å². The maximum absolute atomic E-state index is 13.0. The van der Waals surface area contributed by atoms with E-state index in [1.165, 1.54) is 24.0 Å². The van der Waals surface area contributed by atoms with Crippen LogP contribution in [0.25, 0.3) is 0 Å². The van der Waals surface area contributed by atoms with Gasteiger partial charge in [-0.2, -0.15) is 0 Å². The molecule has 27 heavy (non-hydrogen) atoms. The molecule has 2 amide bonds. The number of aryl methyl sites for hydroxylation is 2. The summed E-state index contributed by atoms with van der Waals surface area (Å²) in [6.45, 7) is 0.201. The second-order valence-electron chi connectivity index (χ2n) is 7.34. The zero-order chi connectivity index (χ0) is 19.0. The second kappa shape index (κ2) is 7.06. The first-order valence-electron chi connectivity index (χ1n) is 9.55. The van der Waals surface area contributed by atoms with Crippen LogP contribution in [-0.4, -0.2) is 37.4 Å². The van der Waals surface area contributed by atoms with E-state index < -0.39 is 0 Å². The number of para-hydroxylation sites is 1. The molecule has 1 atom stereocenters. The number of hydrogen-bond donors (Lipinski definition) is 1. The van der Waals surface area contributed by atoms with Gasteiger partial charge in [-0.15, -0.1) is 0 Å². The van der Waals surface area contributed by atoms with Gasteiger partial charge in [-0.1, -0.05) is 30.3 Å². The van der Waals surface area contributed by atoms with Gasteiger partial charge in [0.05, 0.1) is 17.8 Å². The highest BCUT2D eigenvalue weighted by atomic mass is 16.2. The largest absolute Gasteiger partial charge is 0.358 e. The number of fused-ring (bicyclic) bond motifs is 2. The zero-order valence-electron chi connectivity index (χ0n) is 15.9. The fourth-order valence-corrected chi connectivity index (χ4v) is 4.27. The Labute approximate surface area is 160 Å². The van der Waals surface area contributed by atoms with E-state index in [0.717, 1.165) is 24.1 Å². The fourth-order valence-electron chi connectivity index (χ4n) is 4.27. The van der Waals surface area contributed by atoms with E-state index in [-0.39, 0.29) is 24.5 Å². The van der Waals surface area contributed by atoms with Crippen molar-refractivity contribution in [2.45, 2.75) is 31.8 Å². The molecule has 1 unspecified atom stereocenters. The van der Waals surface area contributed by atoms with E-state index in [1.807, 2.05) is 36.2 Å². The highest BCUT2D eigenvalue weighted by molar-refractivity contribution is 6.02. The Bertz CT molecular complexity index is 893. The minimum Gasteiger partial charge on any atom is -0.358 e. The first-order chi connectivity index (χ1) is 13.1. The van der Waals surface area contributed by atoms with Crippen LogP contribution in [0.4, 0.5) is 5.69 Å². The monoisotopic (exact) mass is 363 g/mol. The normalized spacial score (nSPS) is 18.7. The van der Waals surface area contributed by atoms with E-state index in [9.17, 15) is 9.59 Å². The Morgan fingerprint density at radius 1 is 1.11 bits per heavy atom. The summed E-state index contributed by atoms with van der Waals surface area (Å²) in [6, 6.07) is 14.1. The molecule has 2 aromatic rings. The van der Waals surface area contributed by atoms with Gasteiger partial charge in [0.15, 0.2) is 0 Å². The molecule has 1 heterocycles. The van der Waals surface area contributed by atoms with Gasteiger partial charge >= 0.3 is 0 Å². The zero-order valence-corrected chi connectivity index (χ0v) is 15.9. The molecule has 0 saturated carbocycles. The topological polar surface area (TPSA) is 52.7 Å². The van der Waals surface area contributed by atoms with Crippen molar-refractivity contribution >= 4 is 17.5 Å². The molecule has 2 aromatic carbocycles. The maximum Gasteiger partial charge on any atom is 0.257 e. The lowest BCUT2D eigenvalue weighted by atomic mass is 9.89. The van der Waals surface area contributed by atoms with Gasteiger partial charge in [0, 0.05) is 14.1 Å². The van der Waals surface area contributed by atoms with Gasteiger partial charge in [0.1, 0.15) is 6.17 Å². The molecule has 1 aliphatic carbocycles. The summed E-state index contributed by atoms with van der Waals surface area (Å²) >= 11 is 0. The Kier molecular flexibility index (Phi) is 4.60. The molecule has 0 aromatic heterocycles. The Hall–Kier alpha value is -2.82. The van der Waals surface area contributed by atoms with Crippen molar-refractivity contribution in [3.05, 3.63) is 64.7 Å². The minimum absolute atomic E-state index is 0.0125. The first-order valence-corrected chi connectivity index (χ1v) is 9.55. The van der Waals surface area contributed by atoms with Crippen molar-refractivity contribution in [2.24, 2.45) is 0 Å². The predicted octanol–water partition coefficient (Wildman–Crippen LogP) is 2.90. The quantitative estimate of drug-likeness (QED) is 0.912. The predicted molar refractivity (Wildman–Crippen MR) is 106 cm³/mol. The lowest BCUT2D eigenvalue weighted by molar-refractivity contribution is -0.119. The summed E-state index contributed by atoms with van der Waals surface area (Å²) in [5.41, 5.74) is 5.29. The minimum atomic E-state index is -0.295. The van der Waals surface area contributed by atoms with Crippen LogP contribution in [0.2, 0.25) is 0 Å². The number of likely N-dealkylation sites (N-methyl/N-ethyl adjacent to an activating group) is 1. The van der Waals surface area contributed by atoms with Gasteiger partial charge in [-0.05, 0) is 54.5 Å². The standard InChI is InChI=1S/C22H25N3O2/c1-23-20(26)14-25-19-10-6-5-9-18(19)22(27)24(2)21(25)17-12-11-15-7-3-4-8-16(15)13-17/h5-6,9-13,21H,3-4,7-8,14H2,1-2H3,(H,23,26). The smallest absolute Gasteiger partial charge is 0.257 e. The number of rotatable bonds is 3. The number of anilines is 1. The van der Waals surface area contributed by atoms with E-state index in [4.69, 9.17) is 0 Å². The highest BCUT2D eigenvalue weighted by Gasteiger charge is 2.37. The van der Waals surface area contributed by atoms with Crippen molar-refractivity contribution in [1.29, 1.82) is 0 Å². The SMILES string of the molecule is CNC(=O)CN1c2ccccc2C(=O)N(C)C1c1ccc2c(c1)CCCC2. The van der Waals surface area contributed by atoms with Gasteiger partial charge in [0.2, 0.25) is 5.91 Å². The molecule has 4 rings (SSSR count). The second-order valence-corrected chi connectivity index (χ2v) is 7.34. The third-order valence-corrected chi connectivity index (χ3v) is 5.69. The molecular weight excluding hydrogens is 338 g/mol. The molecule has 0 fully saturated rings. The summed E-state index contributed by atoms with van der Waals surface area (Å²) in [6.07, 6.45) is 4.36. The Morgan fingerprint density at radius 3 is 2.63 bits per heavy atom. The molecule has 0 radical (unpaired) electrons. The summed E-state index contributed by atoms with van der Waals surface area (Å²) in [5, 5.41) is 2.71.